The van der Waals surface area contributed by atoms with Gasteiger partial charge in [0.05, 0.1) is 24.1 Å². The van der Waals surface area contributed by atoms with E-state index in [1.807, 2.05) is 0 Å². The van der Waals surface area contributed by atoms with Crippen LogP contribution in [0.2, 0.25) is 0 Å². The lowest BCUT2D eigenvalue weighted by molar-refractivity contribution is -0.126. The van der Waals surface area contributed by atoms with Gasteiger partial charge in [0.15, 0.2) is 5.82 Å². The third-order valence-electron chi connectivity index (χ3n) is 4.86. The number of hydrazine groups is 1. The van der Waals surface area contributed by atoms with Crippen LogP contribution in [-0.4, -0.2) is 57.5 Å². The van der Waals surface area contributed by atoms with Gasteiger partial charge in [-0.15, -0.1) is 0 Å². The van der Waals surface area contributed by atoms with E-state index in [-0.39, 0.29) is 18.8 Å². The smallest absolute Gasteiger partial charge is 0.429 e. The number of para-hydroxylation sites is 2. The van der Waals surface area contributed by atoms with Gasteiger partial charge in [0, 0.05) is 6.42 Å². The Morgan fingerprint density at radius 1 is 1.21 bits per heavy atom. The van der Waals surface area contributed by atoms with Gasteiger partial charge in [-0.25, -0.2) is 14.8 Å². The standard InChI is InChI=1S/C18H24N6O5.C5H10/c1-18(2,3)29-17(28)24(9-8-13(19)25)23-14(26)10-20-16(27)15-21-11-6-4-5-7-12(11)22-15;1-5-3-2-4-5/h4-7H,8-10H2,1-3H3,(H2,19,25)(H,20,27)(H,21,22)(H,23,26);5H,2-4H2,1H3. The van der Waals surface area contributed by atoms with Gasteiger partial charge in [-0.3, -0.25) is 19.8 Å². The summed E-state index contributed by atoms with van der Waals surface area (Å²) < 4.78 is 5.18. The van der Waals surface area contributed by atoms with E-state index in [2.05, 4.69) is 27.6 Å². The fourth-order valence-electron chi connectivity index (χ4n) is 2.84. The second kappa shape index (κ2) is 12.0. The Morgan fingerprint density at radius 3 is 2.38 bits per heavy atom. The summed E-state index contributed by atoms with van der Waals surface area (Å²) in [7, 11) is 0. The summed E-state index contributed by atoms with van der Waals surface area (Å²) in [6.45, 7) is 6.69. The average Bonchev–Trinajstić information content (AvgIpc) is 3.17. The molecule has 1 aromatic carbocycles. The highest BCUT2D eigenvalue weighted by Crippen LogP contribution is 2.24. The van der Waals surface area contributed by atoms with Gasteiger partial charge < -0.3 is 20.8 Å². The number of carbonyl (C=O) groups excluding carboxylic acids is 4. The second-order valence-electron chi connectivity index (χ2n) is 9.20. The van der Waals surface area contributed by atoms with E-state index >= 15 is 0 Å². The maximum Gasteiger partial charge on any atom is 0.429 e. The molecule has 0 bridgehead atoms. The molecule has 34 heavy (non-hydrogen) atoms. The number of carbonyl (C=O) groups is 4. The van der Waals surface area contributed by atoms with Crippen molar-refractivity contribution < 1.29 is 23.9 Å². The summed E-state index contributed by atoms with van der Waals surface area (Å²) in [6.07, 6.45) is 3.43. The molecule has 1 heterocycles. The van der Waals surface area contributed by atoms with Crippen molar-refractivity contribution in [2.45, 2.75) is 59.0 Å². The number of nitrogens with zero attached hydrogens (tertiary/aromatic N) is 2. The molecule has 1 fully saturated rings. The van der Waals surface area contributed by atoms with Crippen molar-refractivity contribution in [3.63, 3.8) is 0 Å². The highest BCUT2D eigenvalue weighted by Gasteiger charge is 2.24. The number of amides is 4. The van der Waals surface area contributed by atoms with Crippen molar-refractivity contribution in [1.29, 1.82) is 0 Å². The lowest BCUT2D eigenvalue weighted by atomic mass is 9.88. The highest BCUT2D eigenvalue weighted by atomic mass is 16.6. The van der Waals surface area contributed by atoms with E-state index in [9.17, 15) is 19.2 Å². The van der Waals surface area contributed by atoms with Crippen molar-refractivity contribution in [2.24, 2.45) is 11.7 Å². The molecular weight excluding hydrogens is 440 g/mol. The Labute approximate surface area is 198 Å². The van der Waals surface area contributed by atoms with Crippen molar-refractivity contribution >= 4 is 34.8 Å². The average molecular weight is 475 g/mol. The van der Waals surface area contributed by atoms with Crippen LogP contribution in [-0.2, 0) is 14.3 Å². The molecule has 0 unspecified atom stereocenters. The fraction of sp³-hybridized carbons (Fsp3) is 0.522. The Hall–Kier alpha value is -3.63. The van der Waals surface area contributed by atoms with Crippen LogP contribution in [0.25, 0.3) is 11.0 Å². The summed E-state index contributed by atoms with van der Waals surface area (Å²) >= 11 is 0. The highest BCUT2D eigenvalue weighted by molar-refractivity contribution is 5.96. The quantitative estimate of drug-likeness (QED) is 0.470. The van der Waals surface area contributed by atoms with Gasteiger partial charge in [-0.05, 0) is 38.8 Å². The first-order chi connectivity index (χ1) is 15.9. The number of fused-ring (bicyclic) bond motifs is 1. The molecular formula is C23H34N6O5. The molecule has 5 N–H and O–H groups in total. The van der Waals surface area contributed by atoms with Gasteiger partial charge in [-0.1, -0.05) is 38.3 Å². The van der Waals surface area contributed by atoms with Crippen molar-refractivity contribution in [1.82, 2.24) is 25.7 Å². The molecule has 0 radical (unpaired) electrons. The van der Waals surface area contributed by atoms with E-state index in [0.717, 1.165) is 10.9 Å². The Bertz CT molecular complexity index is 976. The number of nitrogens with two attached hydrogens (primary N) is 1. The molecule has 1 aliphatic carbocycles. The number of ether oxygens (including phenoxy) is 1. The van der Waals surface area contributed by atoms with Crippen LogP contribution in [0.1, 0.15) is 64.0 Å². The maximum atomic E-state index is 12.2. The number of rotatable bonds is 6. The van der Waals surface area contributed by atoms with Crippen LogP contribution in [0.15, 0.2) is 24.3 Å². The van der Waals surface area contributed by atoms with Gasteiger partial charge >= 0.3 is 6.09 Å². The molecule has 11 heteroatoms. The zero-order valence-electron chi connectivity index (χ0n) is 20.1. The number of H-pyrrole nitrogens is 1. The summed E-state index contributed by atoms with van der Waals surface area (Å²) in [5.74, 6) is -0.806. The predicted molar refractivity (Wildman–Crippen MR) is 126 cm³/mol. The lowest BCUT2D eigenvalue weighted by Gasteiger charge is -2.27. The first-order valence-electron chi connectivity index (χ1n) is 11.3. The van der Waals surface area contributed by atoms with Crippen LogP contribution >= 0.6 is 0 Å². The first kappa shape index (κ1) is 26.6. The van der Waals surface area contributed by atoms with E-state index < -0.39 is 36.0 Å². The molecule has 0 aliphatic heterocycles. The van der Waals surface area contributed by atoms with Gasteiger partial charge in [-0.2, -0.15) is 0 Å². The minimum absolute atomic E-state index is 0.0525. The monoisotopic (exact) mass is 474 g/mol. The third kappa shape index (κ3) is 9.08. The van der Waals surface area contributed by atoms with Crippen LogP contribution in [0.4, 0.5) is 4.79 Å². The predicted octanol–water partition coefficient (Wildman–Crippen LogP) is 2.24. The number of aromatic amines is 1. The second-order valence-corrected chi connectivity index (χ2v) is 9.20. The van der Waals surface area contributed by atoms with Crippen LogP contribution < -0.4 is 16.5 Å². The number of benzene rings is 1. The van der Waals surface area contributed by atoms with Gasteiger partial charge in [0.1, 0.15) is 5.60 Å². The molecule has 0 saturated heterocycles. The summed E-state index contributed by atoms with van der Waals surface area (Å²) in [6, 6.07) is 7.10. The van der Waals surface area contributed by atoms with Crippen LogP contribution in [0.5, 0.6) is 0 Å². The molecule has 1 saturated carbocycles. The van der Waals surface area contributed by atoms with Crippen LogP contribution in [0, 0.1) is 5.92 Å². The molecule has 4 amide bonds. The zero-order valence-corrected chi connectivity index (χ0v) is 20.1. The molecule has 11 nitrogen and oxygen atoms in total. The van der Waals surface area contributed by atoms with Crippen molar-refractivity contribution in [3.05, 3.63) is 30.1 Å². The summed E-state index contributed by atoms with van der Waals surface area (Å²) in [4.78, 5) is 54.5. The van der Waals surface area contributed by atoms with E-state index in [1.54, 1.807) is 45.0 Å². The minimum Gasteiger partial charge on any atom is -0.442 e. The lowest BCUT2D eigenvalue weighted by Crippen LogP contribution is -2.51. The van der Waals surface area contributed by atoms with Gasteiger partial charge in [0.25, 0.3) is 11.8 Å². The van der Waals surface area contributed by atoms with E-state index in [0.29, 0.717) is 11.0 Å². The third-order valence-corrected chi connectivity index (χ3v) is 4.86. The Kier molecular flexibility index (Phi) is 9.40. The van der Waals surface area contributed by atoms with E-state index in [1.165, 1.54) is 19.3 Å². The minimum atomic E-state index is -0.851. The molecule has 2 aromatic rings. The number of nitrogens with one attached hydrogen (secondary N) is 3. The SMILES string of the molecule is CC(C)(C)OC(=O)N(CCC(N)=O)NC(=O)CNC(=O)c1nc2ccccc2[nH]1.CC1CCC1. The molecule has 186 valence electrons. The summed E-state index contributed by atoms with van der Waals surface area (Å²) in [5, 5.41) is 3.24. The fourth-order valence-corrected chi connectivity index (χ4v) is 2.84. The van der Waals surface area contributed by atoms with E-state index in [4.69, 9.17) is 10.5 Å². The maximum absolute atomic E-state index is 12.2. The first-order valence-corrected chi connectivity index (χ1v) is 11.3. The molecule has 0 atom stereocenters. The number of hydrogen-bond acceptors (Lipinski definition) is 6. The molecule has 1 aromatic heterocycles. The normalized spacial score (nSPS) is 13.2. The topological polar surface area (TPSA) is 160 Å². The molecule has 0 spiro atoms. The number of imidazole rings is 1. The number of hydrogen-bond donors (Lipinski definition) is 4. The zero-order chi connectivity index (χ0) is 25.3. The summed E-state index contributed by atoms with van der Waals surface area (Å²) in [5.41, 5.74) is 7.89. The Morgan fingerprint density at radius 2 is 1.85 bits per heavy atom. The van der Waals surface area contributed by atoms with Crippen molar-refractivity contribution in [3.8, 4) is 0 Å². The molecule has 3 rings (SSSR count). The number of primary amides is 1. The van der Waals surface area contributed by atoms with Gasteiger partial charge in [0.2, 0.25) is 5.91 Å². The van der Waals surface area contributed by atoms with Crippen molar-refractivity contribution in [2.75, 3.05) is 13.1 Å². The number of aromatic nitrogens is 2. The molecule has 1 aliphatic rings. The Balaban J connectivity index is 0.000000720. The van der Waals surface area contributed by atoms with Crippen LogP contribution in [0.3, 0.4) is 0 Å². The largest absolute Gasteiger partial charge is 0.442 e.